The lowest BCUT2D eigenvalue weighted by Gasteiger charge is -2.36. The molecule has 1 fully saturated rings. The molecule has 1 saturated carbocycles. The van der Waals surface area contributed by atoms with E-state index in [0.29, 0.717) is 5.92 Å². The summed E-state index contributed by atoms with van der Waals surface area (Å²) in [6.45, 7) is 3.47. The summed E-state index contributed by atoms with van der Waals surface area (Å²) in [6.07, 6.45) is 7.64. The molecule has 7 heteroatoms. The number of nitrogens with one attached hydrogen (secondary N) is 1. The van der Waals surface area contributed by atoms with Crippen molar-refractivity contribution in [2.75, 3.05) is 0 Å². The highest BCUT2D eigenvalue weighted by molar-refractivity contribution is 6.24. The molecule has 1 aromatic carbocycles. The van der Waals surface area contributed by atoms with Gasteiger partial charge < -0.3 is 5.32 Å². The van der Waals surface area contributed by atoms with Crippen LogP contribution in [-0.2, 0) is 18.0 Å². The summed E-state index contributed by atoms with van der Waals surface area (Å²) in [5, 5.41) is 11.7. The van der Waals surface area contributed by atoms with Crippen LogP contribution in [-0.4, -0.2) is 24.7 Å². The van der Waals surface area contributed by atoms with Gasteiger partial charge in [0.1, 0.15) is 12.2 Å². The SMILES string of the molecule is Cc1nccc(C2CCC(Cl)(c3ccc4c(c3)CNCc3nncn3-4)CC2)n1. The molecule has 0 radical (unpaired) electrons. The Morgan fingerprint density at radius 3 is 2.86 bits per heavy atom. The van der Waals surface area contributed by atoms with Crippen LogP contribution in [0.1, 0.15) is 60.1 Å². The molecule has 0 spiro atoms. The first-order chi connectivity index (χ1) is 13.6. The number of rotatable bonds is 2. The third-order valence-electron chi connectivity index (χ3n) is 6.07. The van der Waals surface area contributed by atoms with Crippen LogP contribution < -0.4 is 5.32 Å². The molecule has 0 unspecified atom stereocenters. The lowest BCUT2D eigenvalue weighted by molar-refractivity contribution is 0.354. The first-order valence-corrected chi connectivity index (χ1v) is 10.2. The van der Waals surface area contributed by atoms with Gasteiger partial charge in [-0.2, -0.15) is 0 Å². The highest BCUT2D eigenvalue weighted by Crippen LogP contribution is 2.47. The van der Waals surface area contributed by atoms with E-state index >= 15 is 0 Å². The summed E-state index contributed by atoms with van der Waals surface area (Å²) < 4.78 is 2.06. The van der Waals surface area contributed by atoms with Crippen LogP contribution in [0.4, 0.5) is 0 Å². The van der Waals surface area contributed by atoms with E-state index in [1.165, 1.54) is 11.1 Å². The second-order valence-corrected chi connectivity index (χ2v) is 8.56. The van der Waals surface area contributed by atoms with Crippen molar-refractivity contribution < 1.29 is 0 Å². The highest BCUT2D eigenvalue weighted by Gasteiger charge is 2.36. The van der Waals surface area contributed by atoms with Gasteiger partial charge in [0.15, 0.2) is 5.82 Å². The third-order valence-corrected chi connectivity index (χ3v) is 6.66. The molecule has 3 aromatic rings. The second kappa shape index (κ2) is 6.94. The zero-order chi connectivity index (χ0) is 19.1. The molecule has 144 valence electrons. The van der Waals surface area contributed by atoms with E-state index in [-0.39, 0.29) is 4.87 Å². The number of fused-ring (bicyclic) bond motifs is 3. The van der Waals surface area contributed by atoms with Gasteiger partial charge >= 0.3 is 0 Å². The Morgan fingerprint density at radius 1 is 1.18 bits per heavy atom. The van der Waals surface area contributed by atoms with Crippen molar-refractivity contribution >= 4 is 11.6 Å². The molecule has 0 amide bonds. The number of hydrogen-bond donors (Lipinski definition) is 1. The van der Waals surface area contributed by atoms with E-state index in [0.717, 1.165) is 61.8 Å². The van der Waals surface area contributed by atoms with Crippen LogP contribution in [0.5, 0.6) is 0 Å². The van der Waals surface area contributed by atoms with Crippen LogP contribution in [0.25, 0.3) is 5.69 Å². The van der Waals surface area contributed by atoms with Gasteiger partial charge in [0, 0.05) is 24.4 Å². The molecule has 2 aromatic heterocycles. The Balaban J connectivity index is 1.39. The zero-order valence-corrected chi connectivity index (χ0v) is 16.7. The molecular weight excluding hydrogens is 372 g/mol. The first kappa shape index (κ1) is 17.8. The normalized spacial score (nSPS) is 24.3. The fourth-order valence-corrected chi connectivity index (χ4v) is 4.83. The Labute approximate surface area is 169 Å². The van der Waals surface area contributed by atoms with Crippen LogP contribution in [0, 0.1) is 6.92 Å². The van der Waals surface area contributed by atoms with Crippen molar-refractivity contribution in [3.8, 4) is 5.69 Å². The molecular formula is C21H23ClN6. The first-order valence-electron chi connectivity index (χ1n) is 9.84. The van der Waals surface area contributed by atoms with E-state index in [9.17, 15) is 0 Å². The molecule has 1 N–H and O–H groups in total. The fraction of sp³-hybridized carbons (Fsp3) is 0.429. The van der Waals surface area contributed by atoms with Gasteiger partial charge in [0.25, 0.3) is 0 Å². The van der Waals surface area contributed by atoms with Gasteiger partial charge in [0.05, 0.1) is 17.1 Å². The topological polar surface area (TPSA) is 68.5 Å². The van der Waals surface area contributed by atoms with E-state index in [4.69, 9.17) is 11.6 Å². The maximum atomic E-state index is 7.16. The predicted octanol–water partition coefficient (Wildman–Crippen LogP) is 3.76. The molecule has 1 aliphatic carbocycles. The number of nitrogens with zero attached hydrogens (tertiary/aromatic N) is 5. The Kier molecular flexibility index (Phi) is 4.40. The number of halogens is 1. The van der Waals surface area contributed by atoms with E-state index < -0.39 is 0 Å². The van der Waals surface area contributed by atoms with Crippen LogP contribution in [0.2, 0.25) is 0 Å². The minimum atomic E-state index is -0.310. The summed E-state index contributed by atoms with van der Waals surface area (Å²) in [5.41, 5.74) is 4.74. The summed E-state index contributed by atoms with van der Waals surface area (Å²) in [7, 11) is 0. The molecule has 0 atom stereocenters. The molecule has 6 nitrogen and oxygen atoms in total. The van der Waals surface area contributed by atoms with E-state index in [2.05, 4.69) is 48.2 Å². The van der Waals surface area contributed by atoms with Crippen molar-refractivity contribution in [2.45, 2.75) is 56.5 Å². The fourth-order valence-electron chi connectivity index (χ4n) is 4.49. The zero-order valence-electron chi connectivity index (χ0n) is 15.9. The van der Waals surface area contributed by atoms with Gasteiger partial charge in [0.2, 0.25) is 0 Å². The maximum absolute atomic E-state index is 7.16. The smallest absolute Gasteiger partial charge is 0.151 e. The molecule has 2 aliphatic rings. The van der Waals surface area contributed by atoms with Crippen molar-refractivity contribution in [1.82, 2.24) is 30.0 Å². The minimum absolute atomic E-state index is 0.310. The van der Waals surface area contributed by atoms with Gasteiger partial charge in [-0.25, -0.2) is 9.97 Å². The third kappa shape index (κ3) is 3.10. The quantitative estimate of drug-likeness (QED) is 0.670. The van der Waals surface area contributed by atoms with E-state index in [1.807, 2.05) is 19.2 Å². The van der Waals surface area contributed by atoms with Gasteiger partial charge in [-0.3, -0.25) is 4.57 Å². The van der Waals surface area contributed by atoms with Crippen LogP contribution in [0.15, 0.2) is 36.8 Å². The Bertz CT molecular complexity index is 1010. The van der Waals surface area contributed by atoms with Gasteiger partial charge in [-0.15, -0.1) is 21.8 Å². The molecule has 0 bridgehead atoms. The molecule has 5 rings (SSSR count). The standard InChI is InChI=1S/C21H23ClN6/c1-14-24-9-6-18(26-14)15-4-7-21(22,8-5-15)17-2-3-19-16(10-17)11-23-12-20-27-25-13-28(19)20/h2-3,6,9-10,13,15,23H,4-5,7-8,11-12H2,1H3. The molecule has 1 aliphatic heterocycles. The number of aromatic nitrogens is 5. The van der Waals surface area contributed by atoms with Crippen LogP contribution >= 0.6 is 11.6 Å². The maximum Gasteiger partial charge on any atom is 0.151 e. The lowest BCUT2D eigenvalue weighted by atomic mass is 9.76. The largest absolute Gasteiger partial charge is 0.306 e. The van der Waals surface area contributed by atoms with Crippen molar-refractivity contribution in [1.29, 1.82) is 0 Å². The van der Waals surface area contributed by atoms with Crippen molar-refractivity contribution in [3.63, 3.8) is 0 Å². The lowest BCUT2D eigenvalue weighted by Crippen LogP contribution is -2.26. The monoisotopic (exact) mass is 394 g/mol. The summed E-state index contributed by atoms with van der Waals surface area (Å²) >= 11 is 7.16. The van der Waals surface area contributed by atoms with Crippen LogP contribution in [0.3, 0.4) is 0 Å². The van der Waals surface area contributed by atoms with Crippen molar-refractivity contribution in [2.24, 2.45) is 0 Å². The summed E-state index contributed by atoms with van der Waals surface area (Å²) in [5.74, 6) is 2.25. The molecule has 0 saturated heterocycles. The Morgan fingerprint density at radius 2 is 2.04 bits per heavy atom. The summed E-state index contributed by atoms with van der Waals surface area (Å²) in [4.78, 5) is 8.53. The molecule has 3 heterocycles. The molecule has 28 heavy (non-hydrogen) atoms. The van der Waals surface area contributed by atoms with Crippen molar-refractivity contribution in [3.05, 3.63) is 65.3 Å². The number of benzene rings is 1. The van der Waals surface area contributed by atoms with E-state index in [1.54, 1.807) is 6.33 Å². The van der Waals surface area contributed by atoms with Gasteiger partial charge in [-0.1, -0.05) is 12.1 Å². The minimum Gasteiger partial charge on any atom is -0.306 e. The summed E-state index contributed by atoms with van der Waals surface area (Å²) in [6, 6.07) is 8.65. The van der Waals surface area contributed by atoms with Gasteiger partial charge in [-0.05, 0) is 55.9 Å². The predicted molar refractivity (Wildman–Crippen MR) is 107 cm³/mol. The average molecular weight is 395 g/mol. The number of aryl methyl sites for hydroxylation is 1. The number of hydrogen-bond acceptors (Lipinski definition) is 5. The Hall–Kier alpha value is -2.31. The highest BCUT2D eigenvalue weighted by atomic mass is 35.5. The number of alkyl halides is 1. The average Bonchev–Trinajstić information content (AvgIpc) is 3.10. The second-order valence-electron chi connectivity index (χ2n) is 7.83.